The van der Waals surface area contributed by atoms with Crippen LogP contribution in [0.4, 0.5) is 0 Å². The minimum Gasteiger partial charge on any atom is -0.302 e. The van der Waals surface area contributed by atoms with Crippen molar-refractivity contribution < 1.29 is 0 Å². The maximum Gasteiger partial charge on any atom is 0.0965 e. The summed E-state index contributed by atoms with van der Waals surface area (Å²) in [4.78, 5) is 6.63. The van der Waals surface area contributed by atoms with Crippen LogP contribution in [0, 0.1) is 0 Å². The van der Waals surface area contributed by atoms with Gasteiger partial charge >= 0.3 is 0 Å². The van der Waals surface area contributed by atoms with Crippen molar-refractivity contribution in [3.05, 3.63) is 28.2 Å². The van der Waals surface area contributed by atoms with Crippen molar-refractivity contribution in [2.45, 2.75) is 12.8 Å². The van der Waals surface area contributed by atoms with Crippen LogP contribution in [0.25, 0.3) is 0 Å². The molecule has 0 atom stereocenters. The lowest BCUT2D eigenvalue weighted by molar-refractivity contribution is 0.357. The molecule has 0 unspecified atom stereocenters. The van der Waals surface area contributed by atoms with E-state index >= 15 is 0 Å². The molecule has 0 spiro atoms. The Labute approximate surface area is 82.9 Å². The van der Waals surface area contributed by atoms with E-state index in [4.69, 9.17) is 0 Å². The molecule has 2 heterocycles. The third-order valence-electron chi connectivity index (χ3n) is 2.37. The highest BCUT2D eigenvalue weighted by atomic mass is 32.1. The van der Waals surface area contributed by atoms with Crippen LogP contribution in [-0.2, 0) is 6.42 Å². The van der Waals surface area contributed by atoms with Crippen LogP contribution in [0.3, 0.4) is 0 Å². The van der Waals surface area contributed by atoms with Gasteiger partial charge in [0.1, 0.15) is 0 Å². The van der Waals surface area contributed by atoms with Crippen molar-refractivity contribution in [3.63, 3.8) is 0 Å². The highest BCUT2D eigenvalue weighted by Crippen LogP contribution is 2.16. The van der Waals surface area contributed by atoms with Gasteiger partial charge in [-0.05, 0) is 13.5 Å². The molecule has 0 aromatic carbocycles. The Morgan fingerprint density at radius 2 is 2.54 bits per heavy atom. The number of hydrogen-bond donors (Lipinski definition) is 0. The summed E-state index contributed by atoms with van der Waals surface area (Å²) in [7, 11) is 2.16. The first-order valence-electron chi connectivity index (χ1n) is 4.59. The topological polar surface area (TPSA) is 16.1 Å². The first kappa shape index (κ1) is 8.91. The van der Waals surface area contributed by atoms with Gasteiger partial charge in [-0.15, -0.1) is 11.3 Å². The van der Waals surface area contributed by atoms with Crippen molar-refractivity contribution in [1.82, 2.24) is 9.88 Å². The number of nitrogens with zero attached hydrogens (tertiary/aromatic N) is 2. The fourth-order valence-electron chi connectivity index (χ4n) is 1.51. The SMILES string of the molecule is CN1CC=C(Cc2nccs2)CC1. The van der Waals surface area contributed by atoms with Crippen molar-refractivity contribution in [1.29, 1.82) is 0 Å². The summed E-state index contributed by atoms with van der Waals surface area (Å²) in [5.41, 5.74) is 1.55. The van der Waals surface area contributed by atoms with E-state index in [1.807, 2.05) is 11.6 Å². The Bertz CT molecular complexity index is 290. The van der Waals surface area contributed by atoms with E-state index in [0.29, 0.717) is 0 Å². The summed E-state index contributed by atoms with van der Waals surface area (Å²) in [6.45, 7) is 2.29. The molecule has 1 aliphatic rings. The third-order valence-corrected chi connectivity index (χ3v) is 3.15. The van der Waals surface area contributed by atoms with Crippen LogP contribution in [0.2, 0.25) is 0 Å². The molecule has 2 rings (SSSR count). The molecule has 0 bridgehead atoms. The first-order valence-corrected chi connectivity index (χ1v) is 5.47. The molecule has 0 saturated heterocycles. The molecule has 0 radical (unpaired) electrons. The lowest BCUT2D eigenvalue weighted by Gasteiger charge is -2.21. The lowest BCUT2D eigenvalue weighted by atomic mass is 10.1. The summed E-state index contributed by atoms with van der Waals surface area (Å²) < 4.78 is 0. The van der Waals surface area contributed by atoms with E-state index in [9.17, 15) is 0 Å². The Morgan fingerprint density at radius 1 is 1.62 bits per heavy atom. The van der Waals surface area contributed by atoms with Gasteiger partial charge in [-0.3, -0.25) is 0 Å². The van der Waals surface area contributed by atoms with Gasteiger partial charge < -0.3 is 4.90 Å². The van der Waals surface area contributed by atoms with E-state index in [0.717, 1.165) is 13.0 Å². The highest BCUT2D eigenvalue weighted by molar-refractivity contribution is 7.09. The first-order chi connectivity index (χ1) is 6.34. The van der Waals surface area contributed by atoms with Crippen molar-refractivity contribution >= 4 is 11.3 Å². The molecule has 0 fully saturated rings. The zero-order valence-electron chi connectivity index (χ0n) is 7.86. The lowest BCUT2D eigenvalue weighted by Crippen LogP contribution is -2.24. The van der Waals surface area contributed by atoms with Crippen LogP contribution in [0.5, 0.6) is 0 Å². The fraction of sp³-hybridized carbons (Fsp3) is 0.500. The average Bonchev–Trinajstić information content (AvgIpc) is 2.62. The Hall–Kier alpha value is -0.670. The maximum atomic E-state index is 4.29. The summed E-state index contributed by atoms with van der Waals surface area (Å²) in [5.74, 6) is 0. The zero-order valence-corrected chi connectivity index (χ0v) is 8.68. The fourth-order valence-corrected chi connectivity index (χ4v) is 2.18. The molecule has 0 N–H and O–H groups in total. The smallest absolute Gasteiger partial charge is 0.0965 e. The second kappa shape index (κ2) is 4.03. The van der Waals surface area contributed by atoms with Gasteiger partial charge in [0.25, 0.3) is 0 Å². The van der Waals surface area contributed by atoms with Crippen LogP contribution < -0.4 is 0 Å². The summed E-state index contributed by atoms with van der Waals surface area (Å²) in [6, 6.07) is 0. The average molecular weight is 194 g/mol. The van der Waals surface area contributed by atoms with Gasteiger partial charge in [-0.25, -0.2) is 4.98 Å². The van der Waals surface area contributed by atoms with Gasteiger partial charge in [-0.1, -0.05) is 11.6 Å². The Balaban J connectivity index is 1.96. The molecule has 3 heteroatoms. The number of thiazole rings is 1. The number of rotatable bonds is 2. The van der Waals surface area contributed by atoms with Crippen molar-refractivity contribution in [2.24, 2.45) is 0 Å². The normalized spacial score (nSPS) is 18.7. The second-order valence-corrected chi connectivity index (χ2v) is 4.46. The van der Waals surface area contributed by atoms with Gasteiger partial charge in [0.15, 0.2) is 0 Å². The summed E-state index contributed by atoms with van der Waals surface area (Å²) in [5, 5.41) is 3.29. The molecular formula is C10H14N2S. The monoisotopic (exact) mass is 194 g/mol. The van der Waals surface area contributed by atoms with Crippen LogP contribution in [0.1, 0.15) is 11.4 Å². The number of likely N-dealkylation sites (N-methyl/N-ethyl adjacent to an activating group) is 1. The van der Waals surface area contributed by atoms with E-state index in [-0.39, 0.29) is 0 Å². The molecule has 1 aromatic rings. The van der Waals surface area contributed by atoms with Crippen LogP contribution in [0.15, 0.2) is 23.2 Å². The highest BCUT2D eigenvalue weighted by Gasteiger charge is 2.08. The molecule has 0 saturated carbocycles. The van der Waals surface area contributed by atoms with E-state index < -0.39 is 0 Å². The minimum atomic E-state index is 1.06. The van der Waals surface area contributed by atoms with Crippen LogP contribution in [-0.4, -0.2) is 30.0 Å². The Kier molecular flexibility index (Phi) is 2.76. The largest absolute Gasteiger partial charge is 0.302 e. The van der Waals surface area contributed by atoms with E-state index in [2.05, 4.69) is 23.0 Å². The standard InChI is InChI=1S/C10H14N2S/c1-12-5-2-9(3-6-12)8-10-11-4-7-13-10/h2,4,7H,3,5-6,8H2,1H3. The predicted molar refractivity (Wildman–Crippen MR) is 56.0 cm³/mol. The molecule has 13 heavy (non-hydrogen) atoms. The molecule has 0 amide bonds. The molecule has 70 valence electrons. The van der Waals surface area contributed by atoms with Crippen LogP contribution >= 0.6 is 11.3 Å². The minimum absolute atomic E-state index is 1.06. The summed E-state index contributed by atoms with van der Waals surface area (Å²) in [6.07, 6.45) is 6.49. The quantitative estimate of drug-likeness (QED) is 0.669. The van der Waals surface area contributed by atoms with Gasteiger partial charge in [0.2, 0.25) is 0 Å². The van der Waals surface area contributed by atoms with Gasteiger partial charge in [0, 0.05) is 31.1 Å². The molecule has 2 nitrogen and oxygen atoms in total. The molecule has 0 aliphatic carbocycles. The second-order valence-electron chi connectivity index (χ2n) is 3.48. The van der Waals surface area contributed by atoms with Crippen molar-refractivity contribution in [2.75, 3.05) is 20.1 Å². The molecular weight excluding hydrogens is 180 g/mol. The number of hydrogen-bond acceptors (Lipinski definition) is 3. The zero-order chi connectivity index (χ0) is 9.10. The van der Waals surface area contributed by atoms with E-state index in [1.165, 1.54) is 18.0 Å². The molecule has 1 aromatic heterocycles. The summed E-state index contributed by atoms with van der Waals surface area (Å²) >= 11 is 1.75. The molecule has 1 aliphatic heterocycles. The third kappa shape index (κ3) is 2.39. The van der Waals surface area contributed by atoms with E-state index in [1.54, 1.807) is 16.9 Å². The number of aromatic nitrogens is 1. The van der Waals surface area contributed by atoms with Gasteiger partial charge in [0.05, 0.1) is 5.01 Å². The maximum absolute atomic E-state index is 4.29. The van der Waals surface area contributed by atoms with Crippen molar-refractivity contribution in [3.8, 4) is 0 Å². The van der Waals surface area contributed by atoms with Gasteiger partial charge in [-0.2, -0.15) is 0 Å². The Morgan fingerprint density at radius 3 is 3.15 bits per heavy atom. The predicted octanol–water partition coefficient (Wildman–Crippen LogP) is 1.95.